The quantitative estimate of drug-likeness (QED) is 0.240. The molecule has 0 unspecified atom stereocenters. The van der Waals surface area contributed by atoms with E-state index in [1.807, 2.05) is 0 Å². The first-order chi connectivity index (χ1) is 18.6. The van der Waals surface area contributed by atoms with Gasteiger partial charge in [-0.2, -0.15) is 0 Å². The molecule has 0 amide bonds. The maximum atomic E-state index is 2.38. The van der Waals surface area contributed by atoms with Gasteiger partial charge in [-0.25, -0.2) is 0 Å². The van der Waals surface area contributed by atoms with Gasteiger partial charge in [-0.1, -0.05) is 76.2 Å². The fraction of sp³-hybridized carbons (Fsp3) is 0.256. The van der Waals surface area contributed by atoms with E-state index in [-0.39, 0.29) is 0 Å². The number of hydrogen-bond acceptors (Lipinski definition) is 0. The van der Waals surface area contributed by atoms with Crippen molar-refractivity contribution in [1.29, 1.82) is 0 Å². The summed E-state index contributed by atoms with van der Waals surface area (Å²) in [4.78, 5) is 0. The highest BCUT2D eigenvalue weighted by molar-refractivity contribution is 5.97. The van der Waals surface area contributed by atoms with Gasteiger partial charge in [-0.3, -0.25) is 0 Å². The molecule has 0 N–H and O–H groups in total. The van der Waals surface area contributed by atoms with Gasteiger partial charge in [0.15, 0.2) is 0 Å². The van der Waals surface area contributed by atoms with E-state index in [4.69, 9.17) is 0 Å². The first-order valence-corrected chi connectivity index (χ1v) is 14.3. The molecule has 3 aliphatic carbocycles. The molecule has 2 aromatic rings. The van der Waals surface area contributed by atoms with Gasteiger partial charge in [-0.15, -0.1) is 0 Å². The Morgan fingerprint density at radius 3 is 1.97 bits per heavy atom. The zero-order valence-corrected chi connectivity index (χ0v) is 24.8. The minimum Gasteiger partial charge on any atom is -0.0587 e. The van der Waals surface area contributed by atoms with Crippen molar-refractivity contribution >= 4 is 23.3 Å². The Hall–Kier alpha value is -3.77. The summed E-state index contributed by atoms with van der Waals surface area (Å²) in [6.45, 7) is 18.0. The summed E-state index contributed by atoms with van der Waals surface area (Å²) in [6, 6.07) is 25.2. The standard InChI is InChI=1S/C39H41/c1-24(2)32-16-9-26(5)38-34(19-28(7)36(38)22-32)18-15-30-11-13-31(14-12-30)21-35-20-29(8)37-23-33(25(3)4)17-10-27(6)39(35)37/h9-25H,1-8H3/q+1/b30-15?,31-21?,34-18+. The molecule has 0 aromatic heterocycles. The van der Waals surface area contributed by atoms with Crippen molar-refractivity contribution in [2.75, 3.05) is 0 Å². The molecule has 39 heavy (non-hydrogen) atoms. The largest absolute Gasteiger partial charge is 0.0743 e. The average Bonchev–Trinajstić information content (AvgIpc) is 3.20. The van der Waals surface area contributed by atoms with Crippen LogP contribution in [0.2, 0.25) is 0 Å². The highest BCUT2D eigenvalue weighted by Gasteiger charge is 2.24. The molecule has 196 valence electrons. The molecule has 0 saturated heterocycles. The minimum atomic E-state index is 0.516. The van der Waals surface area contributed by atoms with Crippen molar-refractivity contribution in [2.45, 2.75) is 67.2 Å². The van der Waals surface area contributed by atoms with Crippen molar-refractivity contribution in [2.24, 2.45) is 0 Å². The lowest BCUT2D eigenvalue weighted by molar-refractivity contribution is 0.868. The Morgan fingerprint density at radius 2 is 1.28 bits per heavy atom. The van der Waals surface area contributed by atoms with Gasteiger partial charge in [0, 0.05) is 23.3 Å². The summed E-state index contributed by atoms with van der Waals surface area (Å²) in [5, 5.41) is 2.44. The maximum Gasteiger partial charge on any atom is 0.0743 e. The summed E-state index contributed by atoms with van der Waals surface area (Å²) >= 11 is 0. The van der Waals surface area contributed by atoms with E-state index in [2.05, 4.69) is 146 Å². The molecule has 3 aliphatic rings. The molecule has 0 saturated carbocycles. The van der Waals surface area contributed by atoms with Crippen LogP contribution in [0.4, 0.5) is 0 Å². The molecule has 0 atom stereocenters. The van der Waals surface area contributed by atoms with Crippen LogP contribution < -0.4 is 10.4 Å². The van der Waals surface area contributed by atoms with E-state index in [0.29, 0.717) is 11.8 Å². The molecule has 2 aromatic carbocycles. The Bertz CT molecular complexity index is 1700. The Labute approximate surface area is 235 Å². The summed E-state index contributed by atoms with van der Waals surface area (Å²) in [7, 11) is 0. The van der Waals surface area contributed by atoms with Gasteiger partial charge >= 0.3 is 0 Å². The monoisotopic (exact) mass is 509 g/mol. The maximum absolute atomic E-state index is 2.38. The van der Waals surface area contributed by atoms with Crippen molar-refractivity contribution in [3.05, 3.63) is 134 Å². The van der Waals surface area contributed by atoms with Crippen molar-refractivity contribution in [1.82, 2.24) is 0 Å². The normalized spacial score (nSPS) is 13.8. The third-order valence-corrected chi connectivity index (χ3v) is 8.22. The zero-order valence-electron chi connectivity index (χ0n) is 24.8. The van der Waals surface area contributed by atoms with Crippen LogP contribution in [0.25, 0.3) is 34.4 Å². The number of rotatable bonds is 4. The fourth-order valence-corrected chi connectivity index (χ4v) is 5.79. The van der Waals surface area contributed by atoms with Crippen LogP contribution in [0.3, 0.4) is 0 Å². The fourth-order valence-electron chi connectivity index (χ4n) is 5.79. The van der Waals surface area contributed by atoms with Gasteiger partial charge in [0.2, 0.25) is 0 Å². The predicted octanol–water partition coefficient (Wildman–Crippen LogP) is 9.35. The first kappa shape index (κ1) is 26.8. The molecular formula is C39H41+. The van der Waals surface area contributed by atoms with Crippen LogP contribution in [-0.2, 0) is 0 Å². The summed E-state index contributed by atoms with van der Waals surface area (Å²) < 4.78 is 0. The van der Waals surface area contributed by atoms with Crippen LogP contribution in [-0.4, -0.2) is 0 Å². The van der Waals surface area contributed by atoms with Crippen LogP contribution >= 0.6 is 0 Å². The van der Waals surface area contributed by atoms with Gasteiger partial charge in [0.1, 0.15) is 0 Å². The second-order valence-corrected chi connectivity index (χ2v) is 11.9. The van der Waals surface area contributed by atoms with Gasteiger partial charge in [0.25, 0.3) is 0 Å². The van der Waals surface area contributed by atoms with E-state index in [1.54, 1.807) is 0 Å². The molecule has 0 aliphatic heterocycles. The summed E-state index contributed by atoms with van der Waals surface area (Å²) in [5.41, 5.74) is 16.2. The molecule has 5 rings (SSSR count). The molecule has 0 heterocycles. The Kier molecular flexibility index (Phi) is 7.41. The summed E-state index contributed by atoms with van der Waals surface area (Å²) in [6.07, 6.45) is 9.18. The minimum absolute atomic E-state index is 0.516. The molecule has 0 radical (unpaired) electrons. The SMILES string of the molecule is CC1=C/C(=C\C=c2ccc(=Cc3cc(C)c4cc(C(C)C)ccc(C)c3-4)cc2)[c+]2c(C)ccc(C(C)C)cc21. The van der Waals surface area contributed by atoms with Crippen molar-refractivity contribution in [3.8, 4) is 11.1 Å². The van der Waals surface area contributed by atoms with Crippen LogP contribution in [0.1, 0.15) is 91.0 Å². The lowest BCUT2D eigenvalue weighted by atomic mass is 10.00. The van der Waals surface area contributed by atoms with E-state index in [0.717, 1.165) is 0 Å². The molecule has 0 bridgehead atoms. The van der Waals surface area contributed by atoms with E-state index in [1.165, 1.54) is 77.2 Å². The number of hydrogen-bond donors (Lipinski definition) is 0. The molecular weight excluding hydrogens is 468 g/mol. The van der Waals surface area contributed by atoms with Gasteiger partial charge in [0.05, 0.1) is 16.7 Å². The van der Waals surface area contributed by atoms with Crippen molar-refractivity contribution in [3.63, 3.8) is 0 Å². The first-order valence-electron chi connectivity index (χ1n) is 14.3. The highest BCUT2D eigenvalue weighted by Crippen LogP contribution is 2.38. The molecule has 0 nitrogen and oxygen atoms in total. The molecule has 0 spiro atoms. The highest BCUT2D eigenvalue weighted by atomic mass is 14.2. The predicted molar refractivity (Wildman–Crippen MR) is 172 cm³/mol. The van der Waals surface area contributed by atoms with Crippen LogP contribution in [0.15, 0.2) is 78.9 Å². The number of benzene rings is 1. The summed E-state index contributed by atoms with van der Waals surface area (Å²) in [5.74, 6) is 1.03. The smallest absolute Gasteiger partial charge is 0.0587 e. The second kappa shape index (κ2) is 10.8. The Balaban J connectivity index is 1.50. The topological polar surface area (TPSA) is 0 Å². The lowest BCUT2D eigenvalue weighted by Gasteiger charge is -2.04. The van der Waals surface area contributed by atoms with Crippen LogP contribution in [0.5, 0.6) is 0 Å². The number of aryl methyl sites for hydroxylation is 3. The third-order valence-electron chi connectivity index (χ3n) is 8.22. The van der Waals surface area contributed by atoms with E-state index >= 15 is 0 Å². The van der Waals surface area contributed by atoms with Gasteiger partial charge < -0.3 is 0 Å². The molecule has 0 fully saturated rings. The average molecular weight is 510 g/mol. The van der Waals surface area contributed by atoms with Crippen molar-refractivity contribution < 1.29 is 0 Å². The van der Waals surface area contributed by atoms with Crippen LogP contribution in [0, 0.1) is 20.8 Å². The number of allylic oxidation sites excluding steroid dienone is 4. The molecule has 0 heteroatoms. The second-order valence-electron chi connectivity index (χ2n) is 11.9. The zero-order chi connectivity index (χ0) is 27.8. The lowest BCUT2D eigenvalue weighted by Crippen LogP contribution is -2.06. The van der Waals surface area contributed by atoms with Gasteiger partial charge in [-0.05, 0) is 119 Å². The third kappa shape index (κ3) is 5.39. The Morgan fingerprint density at radius 1 is 0.641 bits per heavy atom. The van der Waals surface area contributed by atoms with E-state index < -0.39 is 0 Å². The number of fused-ring (bicyclic) bond motifs is 2. The van der Waals surface area contributed by atoms with E-state index in [9.17, 15) is 0 Å².